The molecule has 0 nitrogen and oxygen atoms in total. The summed E-state index contributed by atoms with van der Waals surface area (Å²) in [5.74, 6) is 0.861. The summed E-state index contributed by atoms with van der Waals surface area (Å²) in [6.07, 6.45) is 3.52. The van der Waals surface area contributed by atoms with Gasteiger partial charge in [-0.25, -0.2) is 0 Å². The van der Waals surface area contributed by atoms with Gasteiger partial charge in [-0.2, -0.15) is 0 Å². The Labute approximate surface area is 275 Å². The van der Waals surface area contributed by atoms with Crippen molar-refractivity contribution in [3.05, 3.63) is 107 Å². The summed E-state index contributed by atoms with van der Waals surface area (Å²) in [5.41, 5.74) is 6.03. The number of hydrogen-bond donors (Lipinski definition) is 0. The average Bonchev–Trinajstić information content (AvgIpc) is 2.90. The van der Waals surface area contributed by atoms with Crippen LogP contribution in [0.25, 0.3) is 0 Å². The standard InChI is InChI=1S/C42H64P2/c1-32(29-33-23-17-15-18-24-33)35-27-21-22-28-36(35)42(14,31-44(40(8,9)10)41(11,12)13)37(34-25-19-16-20-26-34)30-43(38(2,3)4)39(5,6)7/h15-28,32,37H,29-31H2,1-14H3. The molecule has 0 heterocycles. The van der Waals surface area contributed by atoms with Crippen molar-refractivity contribution in [2.45, 2.75) is 141 Å². The van der Waals surface area contributed by atoms with E-state index in [1.807, 2.05) is 0 Å². The fourth-order valence-corrected chi connectivity index (χ4v) is 15.9. The molecule has 0 aliphatic carbocycles. The van der Waals surface area contributed by atoms with Gasteiger partial charge >= 0.3 is 0 Å². The van der Waals surface area contributed by atoms with Gasteiger partial charge in [-0.3, -0.25) is 0 Å². The third kappa shape index (κ3) is 9.29. The Hall–Kier alpha value is -1.48. The molecule has 2 heteroatoms. The lowest BCUT2D eigenvalue weighted by molar-refractivity contribution is 0.431. The molecule has 0 saturated heterocycles. The van der Waals surface area contributed by atoms with E-state index in [4.69, 9.17) is 0 Å². The fourth-order valence-electron chi connectivity index (χ4n) is 7.81. The van der Waals surface area contributed by atoms with Crippen LogP contribution in [-0.4, -0.2) is 32.9 Å². The molecule has 0 aliphatic heterocycles. The van der Waals surface area contributed by atoms with Crippen LogP contribution in [0.3, 0.4) is 0 Å². The molecular formula is C42H64P2. The normalized spacial score (nSPS) is 16.2. The van der Waals surface area contributed by atoms with Crippen LogP contribution < -0.4 is 0 Å². The molecule has 242 valence electrons. The number of rotatable bonds is 10. The molecule has 0 bridgehead atoms. The third-order valence-corrected chi connectivity index (χ3v) is 17.7. The summed E-state index contributed by atoms with van der Waals surface area (Å²) in [7, 11) is -0.630. The first-order valence-electron chi connectivity index (χ1n) is 16.9. The summed E-state index contributed by atoms with van der Waals surface area (Å²) in [6, 6.07) is 32.3. The highest BCUT2D eigenvalue weighted by atomic mass is 31.1. The maximum absolute atomic E-state index is 2.67. The van der Waals surface area contributed by atoms with Crippen molar-refractivity contribution < 1.29 is 0 Å². The minimum atomic E-state index is -0.331. The second-order valence-corrected chi connectivity index (χ2v) is 25.2. The SMILES string of the molecule is CC(Cc1ccccc1)c1ccccc1C(C)(CP(C(C)(C)C)C(C)(C)C)C(CP(C(C)(C)C)C(C)(C)C)c1ccccc1. The molecule has 0 saturated carbocycles. The Balaban J connectivity index is 2.35. The van der Waals surface area contributed by atoms with Gasteiger partial charge in [-0.1, -0.05) is 198 Å². The third-order valence-electron chi connectivity index (χ3n) is 9.55. The van der Waals surface area contributed by atoms with Crippen molar-refractivity contribution in [2.75, 3.05) is 12.3 Å². The van der Waals surface area contributed by atoms with E-state index < -0.39 is 0 Å². The van der Waals surface area contributed by atoms with Crippen molar-refractivity contribution in [2.24, 2.45) is 0 Å². The molecule has 3 atom stereocenters. The molecule has 0 spiro atoms. The predicted octanol–water partition coefficient (Wildman–Crippen LogP) is 13.2. The molecule has 3 unspecified atom stereocenters. The van der Waals surface area contributed by atoms with Gasteiger partial charge in [0.25, 0.3) is 0 Å². The van der Waals surface area contributed by atoms with Crippen LogP contribution >= 0.6 is 15.8 Å². The molecule has 0 aliphatic rings. The zero-order chi connectivity index (χ0) is 33.1. The van der Waals surface area contributed by atoms with E-state index in [2.05, 4.69) is 182 Å². The van der Waals surface area contributed by atoms with Gasteiger partial charge in [0, 0.05) is 5.41 Å². The Kier molecular flexibility index (Phi) is 11.9. The topological polar surface area (TPSA) is 0 Å². The Morgan fingerprint density at radius 2 is 0.955 bits per heavy atom. The highest BCUT2D eigenvalue weighted by molar-refractivity contribution is 7.61. The molecular weight excluding hydrogens is 566 g/mol. The van der Waals surface area contributed by atoms with Gasteiger partial charge in [-0.15, -0.1) is 0 Å². The molecule has 0 fully saturated rings. The van der Waals surface area contributed by atoms with Crippen LogP contribution in [0.5, 0.6) is 0 Å². The van der Waals surface area contributed by atoms with Gasteiger partial charge in [0.15, 0.2) is 0 Å². The molecule has 3 aromatic rings. The highest BCUT2D eigenvalue weighted by Gasteiger charge is 2.48. The Bertz CT molecular complexity index is 1270. The Morgan fingerprint density at radius 1 is 0.523 bits per heavy atom. The van der Waals surface area contributed by atoms with E-state index >= 15 is 0 Å². The molecule has 44 heavy (non-hydrogen) atoms. The van der Waals surface area contributed by atoms with E-state index in [1.54, 1.807) is 5.56 Å². The van der Waals surface area contributed by atoms with Gasteiger partial charge in [0.05, 0.1) is 0 Å². The number of benzene rings is 3. The summed E-state index contributed by atoms with van der Waals surface area (Å²) >= 11 is 0. The molecule has 0 N–H and O–H groups in total. The first-order chi connectivity index (χ1) is 20.2. The molecule has 0 radical (unpaired) electrons. The first-order valence-corrected chi connectivity index (χ1v) is 19.9. The largest absolute Gasteiger partial charge is 0.0950 e. The minimum absolute atomic E-state index is 0.0216. The van der Waals surface area contributed by atoms with Gasteiger partial charge < -0.3 is 0 Å². The van der Waals surface area contributed by atoms with Crippen LogP contribution in [0.4, 0.5) is 0 Å². The maximum atomic E-state index is 2.67. The average molecular weight is 631 g/mol. The zero-order valence-corrected chi connectivity index (χ0v) is 32.5. The Morgan fingerprint density at radius 3 is 1.43 bits per heavy atom. The fraction of sp³-hybridized carbons (Fsp3) is 0.571. The maximum Gasteiger partial charge on any atom is 0.00391 e. The van der Waals surface area contributed by atoms with Gasteiger partial charge in [0.2, 0.25) is 0 Å². The van der Waals surface area contributed by atoms with E-state index in [9.17, 15) is 0 Å². The highest BCUT2D eigenvalue weighted by Crippen LogP contribution is 2.67. The van der Waals surface area contributed by atoms with E-state index in [-0.39, 0.29) is 41.9 Å². The van der Waals surface area contributed by atoms with E-state index in [0.29, 0.717) is 11.8 Å². The van der Waals surface area contributed by atoms with E-state index in [0.717, 1.165) is 6.42 Å². The first kappa shape index (κ1) is 37.0. The molecule has 3 rings (SSSR count). The van der Waals surface area contributed by atoms with Gasteiger partial charge in [-0.05, 0) is 73.5 Å². The van der Waals surface area contributed by atoms with Crippen LogP contribution in [0.2, 0.25) is 0 Å². The lowest BCUT2D eigenvalue weighted by Gasteiger charge is -2.52. The van der Waals surface area contributed by atoms with E-state index in [1.165, 1.54) is 29.0 Å². The summed E-state index contributed by atoms with van der Waals surface area (Å²) in [4.78, 5) is 0. The lowest BCUT2D eigenvalue weighted by Crippen LogP contribution is -2.42. The summed E-state index contributed by atoms with van der Waals surface area (Å²) in [5, 5.41) is 1.03. The summed E-state index contributed by atoms with van der Waals surface area (Å²) < 4.78 is 0. The van der Waals surface area contributed by atoms with Crippen molar-refractivity contribution in [1.29, 1.82) is 0 Å². The van der Waals surface area contributed by atoms with Crippen LogP contribution in [0, 0.1) is 0 Å². The zero-order valence-electron chi connectivity index (χ0n) is 30.8. The van der Waals surface area contributed by atoms with Crippen LogP contribution in [0.1, 0.15) is 131 Å². The lowest BCUT2D eigenvalue weighted by atomic mass is 9.68. The summed E-state index contributed by atoms with van der Waals surface area (Å²) in [6.45, 7) is 35.1. The van der Waals surface area contributed by atoms with Crippen molar-refractivity contribution >= 4 is 15.8 Å². The molecule has 0 aromatic heterocycles. The minimum Gasteiger partial charge on any atom is -0.0950 e. The second kappa shape index (κ2) is 14.1. The molecule has 0 amide bonds. The number of hydrogen-bond acceptors (Lipinski definition) is 0. The van der Waals surface area contributed by atoms with Crippen LogP contribution in [0.15, 0.2) is 84.9 Å². The smallest absolute Gasteiger partial charge is 0.00391 e. The van der Waals surface area contributed by atoms with Crippen molar-refractivity contribution in [3.8, 4) is 0 Å². The molecule has 3 aromatic carbocycles. The van der Waals surface area contributed by atoms with Crippen LogP contribution in [-0.2, 0) is 11.8 Å². The quantitative estimate of drug-likeness (QED) is 0.196. The van der Waals surface area contributed by atoms with Crippen molar-refractivity contribution in [1.82, 2.24) is 0 Å². The second-order valence-electron chi connectivity index (χ2n) is 17.4. The monoisotopic (exact) mass is 630 g/mol. The predicted molar refractivity (Wildman–Crippen MR) is 204 cm³/mol. The van der Waals surface area contributed by atoms with Crippen molar-refractivity contribution in [3.63, 3.8) is 0 Å². The van der Waals surface area contributed by atoms with Gasteiger partial charge in [0.1, 0.15) is 0 Å².